The Bertz CT molecular complexity index is 217. The van der Waals surface area contributed by atoms with Crippen LogP contribution in [0.5, 0.6) is 0 Å². The first kappa shape index (κ1) is 9.31. The molecule has 0 heterocycles. The molecule has 0 saturated heterocycles. The Morgan fingerprint density at radius 3 is 1.58 bits per heavy atom. The molecule has 0 aromatic rings. The molecular weight excluding hydrogens is 144 g/mol. The van der Waals surface area contributed by atoms with Gasteiger partial charge in [0.2, 0.25) is 0 Å². The summed E-state index contributed by atoms with van der Waals surface area (Å²) in [5.41, 5.74) is 0.461. The summed E-state index contributed by atoms with van der Waals surface area (Å²) >= 11 is 0. The second kappa shape index (κ2) is 2.93. The highest BCUT2D eigenvalue weighted by atomic mass is 14.4. The molecule has 0 amide bonds. The van der Waals surface area contributed by atoms with Crippen LogP contribution in [0.2, 0.25) is 0 Å². The zero-order chi connectivity index (χ0) is 9.24. The Labute approximate surface area is 75.7 Å². The molecule has 0 atom stereocenters. The molecule has 0 aromatic carbocycles. The topological polar surface area (TPSA) is 0 Å². The van der Waals surface area contributed by atoms with E-state index in [1.54, 1.807) is 0 Å². The molecule has 0 heteroatoms. The number of hydrogen-bond donors (Lipinski definition) is 0. The van der Waals surface area contributed by atoms with E-state index in [9.17, 15) is 0 Å². The second-order valence-corrected chi connectivity index (χ2v) is 4.64. The summed E-state index contributed by atoms with van der Waals surface area (Å²) in [6.07, 6.45) is 13.0. The molecule has 1 aliphatic rings. The highest BCUT2D eigenvalue weighted by molar-refractivity contribution is 5.25. The van der Waals surface area contributed by atoms with Crippen LogP contribution in [0.25, 0.3) is 0 Å². The molecule has 1 aliphatic carbocycles. The van der Waals surface area contributed by atoms with Crippen LogP contribution in [0.1, 0.15) is 27.7 Å². The van der Waals surface area contributed by atoms with Crippen LogP contribution < -0.4 is 0 Å². The second-order valence-electron chi connectivity index (χ2n) is 4.64. The van der Waals surface area contributed by atoms with Crippen LogP contribution in [-0.2, 0) is 0 Å². The van der Waals surface area contributed by atoms with Gasteiger partial charge in [-0.2, -0.15) is 0 Å². The molecule has 0 N–H and O–H groups in total. The lowest BCUT2D eigenvalue weighted by atomic mass is 9.68. The highest BCUT2D eigenvalue weighted by Crippen LogP contribution is 2.41. The van der Waals surface area contributed by atoms with E-state index in [1.807, 2.05) is 0 Å². The van der Waals surface area contributed by atoms with Gasteiger partial charge in [-0.05, 0) is 5.41 Å². The van der Waals surface area contributed by atoms with Gasteiger partial charge in [-0.1, -0.05) is 64.2 Å². The molecule has 0 nitrogen and oxygen atoms in total. The predicted octanol–water partition coefficient (Wildman–Crippen LogP) is 3.72. The quantitative estimate of drug-likeness (QED) is 0.509. The maximum atomic E-state index is 2.27. The average molecular weight is 162 g/mol. The van der Waals surface area contributed by atoms with Crippen LogP contribution in [0, 0.1) is 10.8 Å². The minimum Gasteiger partial charge on any atom is -0.0743 e. The average Bonchev–Trinajstić information content (AvgIpc) is 2.12. The van der Waals surface area contributed by atoms with Crippen molar-refractivity contribution in [3.05, 3.63) is 36.5 Å². The number of allylic oxidation sites excluding steroid dienone is 6. The smallest absolute Gasteiger partial charge is 0.00873 e. The van der Waals surface area contributed by atoms with E-state index in [4.69, 9.17) is 0 Å². The minimum absolute atomic E-state index is 0.177. The van der Waals surface area contributed by atoms with E-state index in [-0.39, 0.29) is 10.8 Å². The first-order valence-electron chi connectivity index (χ1n) is 4.49. The molecular formula is C12H18. The largest absolute Gasteiger partial charge is 0.0743 e. The van der Waals surface area contributed by atoms with Crippen molar-refractivity contribution in [1.82, 2.24) is 0 Å². The van der Waals surface area contributed by atoms with E-state index < -0.39 is 0 Å². The molecule has 0 radical (unpaired) electrons. The molecule has 0 aliphatic heterocycles. The predicted molar refractivity (Wildman–Crippen MR) is 55.0 cm³/mol. The van der Waals surface area contributed by atoms with Gasteiger partial charge in [-0.15, -0.1) is 0 Å². The Morgan fingerprint density at radius 2 is 1.25 bits per heavy atom. The fourth-order valence-electron chi connectivity index (χ4n) is 1.19. The van der Waals surface area contributed by atoms with E-state index >= 15 is 0 Å². The minimum atomic E-state index is 0.177. The summed E-state index contributed by atoms with van der Waals surface area (Å²) in [4.78, 5) is 0. The zero-order valence-electron chi connectivity index (χ0n) is 8.46. The van der Waals surface area contributed by atoms with Crippen LogP contribution in [-0.4, -0.2) is 0 Å². The van der Waals surface area contributed by atoms with Gasteiger partial charge in [0.05, 0.1) is 0 Å². The SMILES string of the molecule is CC(C)(C)C1(C)C=CC=CC=C1. The molecule has 66 valence electrons. The van der Waals surface area contributed by atoms with Crippen LogP contribution >= 0.6 is 0 Å². The molecule has 0 spiro atoms. The molecule has 0 unspecified atom stereocenters. The summed E-state index contributed by atoms with van der Waals surface area (Å²) in [6, 6.07) is 0. The first-order valence-corrected chi connectivity index (χ1v) is 4.49. The summed E-state index contributed by atoms with van der Waals surface area (Å²) in [5.74, 6) is 0. The van der Waals surface area contributed by atoms with Gasteiger partial charge in [-0.3, -0.25) is 0 Å². The van der Waals surface area contributed by atoms with E-state index in [0.29, 0.717) is 0 Å². The van der Waals surface area contributed by atoms with Gasteiger partial charge in [0.1, 0.15) is 0 Å². The summed E-state index contributed by atoms with van der Waals surface area (Å²) in [5, 5.41) is 0. The summed E-state index contributed by atoms with van der Waals surface area (Å²) in [7, 11) is 0. The lowest BCUT2D eigenvalue weighted by molar-refractivity contribution is 0.228. The van der Waals surface area contributed by atoms with Gasteiger partial charge >= 0.3 is 0 Å². The van der Waals surface area contributed by atoms with Gasteiger partial charge in [0.25, 0.3) is 0 Å². The highest BCUT2D eigenvalue weighted by Gasteiger charge is 2.32. The fourth-order valence-corrected chi connectivity index (χ4v) is 1.19. The van der Waals surface area contributed by atoms with Crippen molar-refractivity contribution in [2.75, 3.05) is 0 Å². The Hall–Kier alpha value is -0.780. The van der Waals surface area contributed by atoms with Crippen molar-refractivity contribution >= 4 is 0 Å². The molecule has 12 heavy (non-hydrogen) atoms. The van der Waals surface area contributed by atoms with E-state index in [1.165, 1.54) is 0 Å². The van der Waals surface area contributed by atoms with Crippen molar-refractivity contribution in [2.24, 2.45) is 10.8 Å². The molecule has 0 bridgehead atoms. The molecule has 0 aromatic heterocycles. The standard InChI is InChI=1S/C12H18/c1-11(2,3)12(4)9-7-5-6-8-10-12/h5-10H,1-4H3. The number of hydrogen-bond acceptors (Lipinski definition) is 0. The fraction of sp³-hybridized carbons (Fsp3) is 0.500. The van der Waals surface area contributed by atoms with E-state index in [2.05, 4.69) is 64.2 Å². The molecule has 0 fully saturated rings. The zero-order valence-corrected chi connectivity index (χ0v) is 8.46. The third-order valence-electron chi connectivity index (χ3n) is 2.83. The lowest BCUT2D eigenvalue weighted by Crippen LogP contribution is -2.28. The van der Waals surface area contributed by atoms with Crippen molar-refractivity contribution in [3.8, 4) is 0 Å². The van der Waals surface area contributed by atoms with Gasteiger partial charge in [0, 0.05) is 5.41 Å². The summed E-state index contributed by atoms with van der Waals surface area (Å²) in [6.45, 7) is 9.08. The van der Waals surface area contributed by atoms with Gasteiger partial charge in [0.15, 0.2) is 0 Å². The normalized spacial score (nSPS) is 21.0. The maximum absolute atomic E-state index is 2.27. The van der Waals surface area contributed by atoms with Crippen molar-refractivity contribution in [3.63, 3.8) is 0 Å². The Kier molecular flexibility index (Phi) is 2.27. The van der Waals surface area contributed by atoms with Crippen molar-refractivity contribution < 1.29 is 0 Å². The van der Waals surface area contributed by atoms with Crippen molar-refractivity contribution in [2.45, 2.75) is 27.7 Å². The Morgan fingerprint density at radius 1 is 0.833 bits per heavy atom. The monoisotopic (exact) mass is 162 g/mol. The van der Waals surface area contributed by atoms with Crippen LogP contribution in [0.4, 0.5) is 0 Å². The maximum Gasteiger partial charge on any atom is 0.00873 e. The third kappa shape index (κ3) is 1.69. The molecule has 1 rings (SSSR count). The Balaban J connectivity index is 2.99. The van der Waals surface area contributed by atoms with Crippen LogP contribution in [0.3, 0.4) is 0 Å². The van der Waals surface area contributed by atoms with Crippen LogP contribution in [0.15, 0.2) is 36.5 Å². The lowest BCUT2D eigenvalue weighted by Gasteiger charge is -2.36. The first-order chi connectivity index (χ1) is 5.46. The third-order valence-corrected chi connectivity index (χ3v) is 2.83. The number of rotatable bonds is 0. The van der Waals surface area contributed by atoms with Crippen molar-refractivity contribution in [1.29, 1.82) is 0 Å². The van der Waals surface area contributed by atoms with Gasteiger partial charge in [-0.25, -0.2) is 0 Å². The molecule has 0 saturated carbocycles. The van der Waals surface area contributed by atoms with Gasteiger partial charge < -0.3 is 0 Å². The van der Waals surface area contributed by atoms with E-state index in [0.717, 1.165) is 0 Å². The summed E-state index contributed by atoms with van der Waals surface area (Å²) < 4.78 is 0.